The number of carbonyl (C=O) groups is 2. The van der Waals surface area contributed by atoms with E-state index in [1.54, 1.807) is 32.4 Å². The largest absolute Gasteiger partial charge is 0.497 e. The molecule has 12 heteroatoms. The fraction of sp³-hybridized carbons (Fsp3) is 0.244. The van der Waals surface area contributed by atoms with E-state index in [9.17, 15) is 14.4 Å². The number of hydrogen-bond donors (Lipinski definition) is 2. The van der Waals surface area contributed by atoms with Gasteiger partial charge in [0.2, 0.25) is 0 Å². The number of hydrogen-bond acceptors (Lipinski definition) is 10. The molecule has 53 heavy (non-hydrogen) atoms. The maximum Gasteiger partial charge on any atom is 0.328 e. The van der Waals surface area contributed by atoms with E-state index >= 15 is 0 Å². The van der Waals surface area contributed by atoms with E-state index in [0.717, 1.165) is 25.1 Å². The highest BCUT2D eigenvalue weighted by Gasteiger charge is 2.29. The van der Waals surface area contributed by atoms with Gasteiger partial charge in [-0.2, -0.15) is 0 Å². The number of piperazine rings is 1. The zero-order valence-corrected chi connectivity index (χ0v) is 31.6. The number of nitrogens with zero attached hydrogens (tertiary/aromatic N) is 2. The molecule has 0 bridgehead atoms. The molecule has 1 fully saturated rings. The molecule has 10 nitrogen and oxygen atoms in total. The topological polar surface area (TPSA) is 130 Å². The van der Waals surface area contributed by atoms with Gasteiger partial charge in [-0.3, -0.25) is 9.69 Å². The molecule has 2 aliphatic rings. The molecule has 276 valence electrons. The van der Waals surface area contributed by atoms with Gasteiger partial charge in [0.05, 0.1) is 19.6 Å². The molecule has 0 spiro atoms. The predicted octanol–water partition coefficient (Wildman–Crippen LogP) is 7.59. The van der Waals surface area contributed by atoms with E-state index < -0.39 is 11.9 Å². The van der Waals surface area contributed by atoms with Gasteiger partial charge >= 0.3 is 11.9 Å². The summed E-state index contributed by atoms with van der Waals surface area (Å²) in [5.74, 6) is -0.659. The number of likely N-dealkylation sites (N-methyl/N-ethyl adjacent to an activating group) is 1. The second-order valence-corrected chi connectivity index (χ2v) is 14.2. The summed E-state index contributed by atoms with van der Waals surface area (Å²) in [5, 5.41) is 16.2. The average Bonchev–Trinajstić information content (AvgIpc) is 3.34. The summed E-state index contributed by atoms with van der Waals surface area (Å²) in [6.45, 7) is 4.67. The summed E-state index contributed by atoms with van der Waals surface area (Å²) in [6, 6.07) is 30.5. The number of rotatable bonds is 7. The van der Waals surface area contributed by atoms with Crippen LogP contribution in [0.1, 0.15) is 17.2 Å². The van der Waals surface area contributed by atoms with Gasteiger partial charge in [-0.1, -0.05) is 42.1 Å². The van der Waals surface area contributed by atoms with Crippen LogP contribution in [-0.2, 0) is 16.0 Å². The molecule has 0 aliphatic carbocycles. The molecular formula is C41H42N2O8S2. The Kier molecular flexibility index (Phi) is 13.8. The number of thioether (sulfide) groups is 1. The first-order valence-electron chi connectivity index (χ1n) is 16.8. The third kappa shape index (κ3) is 10.5. The summed E-state index contributed by atoms with van der Waals surface area (Å²) in [6.07, 6.45) is 4.41. The predicted molar refractivity (Wildman–Crippen MR) is 210 cm³/mol. The Labute approximate surface area is 317 Å². The van der Waals surface area contributed by atoms with Crippen LogP contribution in [0.15, 0.2) is 127 Å². The van der Waals surface area contributed by atoms with Gasteiger partial charge in [0.25, 0.3) is 0 Å². The number of ether oxygens (including phenoxy) is 2. The third-order valence-electron chi connectivity index (χ3n) is 8.82. The Balaban J connectivity index is 0.000000172. The number of fused-ring (bicyclic) bond motifs is 3. The summed E-state index contributed by atoms with van der Waals surface area (Å²) in [5.41, 5.74) is 4.22. The quantitative estimate of drug-likeness (QED) is 0.125. The minimum Gasteiger partial charge on any atom is -0.497 e. The fourth-order valence-corrected chi connectivity index (χ4v) is 7.56. The molecule has 1 saturated heterocycles. The van der Waals surface area contributed by atoms with Crippen molar-refractivity contribution in [2.75, 3.05) is 53.7 Å². The van der Waals surface area contributed by atoms with Gasteiger partial charge in [0, 0.05) is 76.8 Å². The SMILES string of the molecule is COc1cccc(-c2cc(=O)c3ccc(OC)cc3o2)c1.CSc1ccc2c(c1)C(N1CCN(C)CC1)Cc1ccccc1S2.O=C(O)C=CC(=O)O. The summed E-state index contributed by atoms with van der Waals surface area (Å²) in [4.78, 5) is 40.7. The van der Waals surface area contributed by atoms with Crippen molar-refractivity contribution >= 4 is 46.4 Å². The average molecular weight is 755 g/mol. The van der Waals surface area contributed by atoms with Crippen molar-refractivity contribution in [2.24, 2.45) is 0 Å². The second kappa shape index (κ2) is 18.7. The summed E-state index contributed by atoms with van der Waals surface area (Å²) < 4.78 is 16.2. The molecule has 1 aromatic heterocycles. The highest BCUT2D eigenvalue weighted by molar-refractivity contribution is 7.99. The minimum absolute atomic E-state index is 0.0864. The van der Waals surface area contributed by atoms with Gasteiger partial charge in [0.15, 0.2) is 5.43 Å². The monoisotopic (exact) mass is 754 g/mol. The molecule has 7 rings (SSSR count). The molecule has 1 atom stereocenters. The van der Waals surface area contributed by atoms with Gasteiger partial charge in [0.1, 0.15) is 22.8 Å². The first-order valence-corrected chi connectivity index (χ1v) is 18.9. The zero-order valence-electron chi connectivity index (χ0n) is 30.0. The Morgan fingerprint density at radius 2 is 1.53 bits per heavy atom. The highest BCUT2D eigenvalue weighted by Crippen LogP contribution is 2.44. The smallest absolute Gasteiger partial charge is 0.328 e. The van der Waals surface area contributed by atoms with Crippen molar-refractivity contribution in [3.8, 4) is 22.8 Å². The molecule has 3 heterocycles. The van der Waals surface area contributed by atoms with Crippen LogP contribution in [0.4, 0.5) is 0 Å². The molecule has 2 N–H and O–H groups in total. The lowest BCUT2D eigenvalue weighted by molar-refractivity contribution is -0.134. The van der Waals surface area contributed by atoms with E-state index in [1.165, 1.54) is 45.0 Å². The molecule has 1 unspecified atom stereocenters. The van der Waals surface area contributed by atoms with E-state index in [1.807, 2.05) is 47.8 Å². The molecule has 0 saturated carbocycles. The van der Waals surface area contributed by atoms with Crippen LogP contribution in [-0.4, -0.2) is 85.7 Å². The lowest BCUT2D eigenvalue weighted by atomic mass is 9.96. The molecule has 4 aromatic carbocycles. The van der Waals surface area contributed by atoms with Crippen LogP contribution in [0.3, 0.4) is 0 Å². The number of benzene rings is 4. The van der Waals surface area contributed by atoms with E-state index in [0.29, 0.717) is 46.4 Å². The van der Waals surface area contributed by atoms with Crippen molar-refractivity contribution in [3.05, 3.63) is 124 Å². The second-order valence-electron chi connectivity index (χ2n) is 12.3. The number of methoxy groups -OCH3 is 2. The van der Waals surface area contributed by atoms with E-state index in [-0.39, 0.29) is 5.43 Å². The molecule has 0 amide bonds. The molecular weight excluding hydrogens is 713 g/mol. The van der Waals surface area contributed by atoms with Gasteiger partial charge in [-0.05, 0) is 79.4 Å². The Morgan fingerprint density at radius 1 is 0.830 bits per heavy atom. The third-order valence-corrected chi connectivity index (χ3v) is 10.8. The van der Waals surface area contributed by atoms with Crippen molar-refractivity contribution in [1.82, 2.24) is 9.80 Å². The molecule has 5 aromatic rings. The van der Waals surface area contributed by atoms with E-state index in [4.69, 9.17) is 24.1 Å². The maximum absolute atomic E-state index is 12.2. The fourth-order valence-electron chi connectivity index (χ4n) is 6.00. The first kappa shape index (κ1) is 39.2. The normalized spacial score (nSPS) is 15.5. The molecule has 2 aliphatic heterocycles. The van der Waals surface area contributed by atoms with Gasteiger partial charge in [-0.25, -0.2) is 9.59 Å². The Bertz CT molecular complexity index is 2130. The standard InChI is InChI=1S/C20H24N2S2.C17H14O4.C4H4O4/c1-21-9-11-22(12-10-21)18-13-15-5-3-4-6-19(15)24-20-8-7-16(23-2)14-17(18)20;1-19-12-5-3-4-11(8-12)16-10-15(18)14-7-6-13(20-2)9-17(14)21-16;5-3(6)1-2-4(7)8/h3-8,14,18H,9-13H2,1-2H3;3-10H,1-2H3;1-2H,(H,5,6)(H,7,8). The van der Waals surface area contributed by atoms with Crippen molar-refractivity contribution < 1.29 is 33.7 Å². The van der Waals surface area contributed by atoms with Crippen LogP contribution >= 0.6 is 23.5 Å². The molecule has 0 radical (unpaired) electrons. The maximum atomic E-state index is 12.2. The van der Waals surface area contributed by atoms with Crippen LogP contribution < -0.4 is 14.9 Å². The van der Waals surface area contributed by atoms with Crippen molar-refractivity contribution in [1.29, 1.82) is 0 Å². The lowest BCUT2D eigenvalue weighted by Gasteiger charge is -2.38. The lowest BCUT2D eigenvalue weighted by Crippen LogP contribution is -2.46. The summed E-state index contributed by atoms with van der Waals surface area (Å²) in [7, 11) is 5.40. The van der Waals surface area contributed by atoms with Crippen LogP contribution in [0.2, 0.25) is 0 Å². The first-order chi connectivity index (χ1) is 25.6. The van der Waals surface area contributed by atoms with Gasteiger partial charge in [-0.15, -0.1) is 11.8 Å². The van der Waals surface area contributed by atoms with Crippen molar-refractivity contribution in [3.63, 3.8) is 0 Å². The highest BCUT2D eigenvalue weighted by atomic mass is 32.2. The Morgan fingerprint density at radius 3 is 2.21 bits per heavy atom. The summed E-state index contributed by atoms with van der Waals surface area (Å²) >= 11 is 3.79. The van der Waals surface area contributed by atoms with Gasteiger partial charge < -0.3 is 29.0 Å². The number of aliphatic carboxylic acids is 2. The van der Waals surface area contributed by atoms with Crippen molar-refractivity contribution in [2.45, 2.75) is 27.1 Å². The number of carboxylic acid groups (broad SMARTS) is 2. The number of carboxylic acids is 2. The minimum atomic E-state index is -1.26. The van der Waals surface area contributed by atoms with Crippen LogP contribution in [0.5, 0.6) is 11.5 Å². The van der Waals surface area contributed by atoms with E-state index in [2.05, 4.69) is 65.6 Å². The van der Waals surface area contributed by atoms with Crippen LogP contribution in [0.25, 0.3) is 22.3 Å². The zero-order chi connectivity index (χ0) is 37.9. The van der Waals surface area contributed by atoms with Crippen LogP contribution in [0, 0.1) is 0 Å². The Hall–Kier alpha value is -5.01.